The molecule has 0 unspecified atom stereocenters. The average molecular weight is 331 g/mol. The van der Waals surface area contributed by atoms with Crippen LogP contribution in [0.15, 0.2) is 19.2 Å². The third kappa shape index (κ3) is 2.42. The predicted octanol–water partition coefficient (Wildman–Crippen LogP) is 3.57. The van der Waals surface area contributed by atoms with Gasteiger partial charge in [-0.25, -0.2) is 0 Å². The van der Waals surface area contributed by atoms with E-state index in [2.05, 4.69) is 29.6 Å². The van der Waals surface area contributed by atoms with Crippen LogP contribution in [0.1, 0.15) is 5.89 Å². The zero-order valence-electron chi connectivity index (χ0n) is 10.1. The molecule has 3 rings (SSSR count). The molecule has 0 saturated carbocycles. The van der Waals surface area contributed by atoms with Gasteiger partial charge in [-0.3, -0.25) is 0 Å². The van der Waals surface area contributed by atoms with E-state index in [0.717, 1.165) is 11.4 Å². The first-order valence-electron chi connectivity index (χ1n) is 5.53. The highest BCUT2D eigenvalue weighted by molar-refractivity contribution is 7.58. The molecule has 2 N–H and O–H groups in total. The number of hydrogen-bond donors (Lipinski definition) is 2. The summed E-state index contributed by atoms with van der Waals surface area (Å²) in [5.74, 6) is 0.465. The molecule has 1 aliphatic rings. The summed E-state index contributed by atoms with van der Waals surface area (Å²) in [6.45, 7) is 0.483. The molecule has 0 spiro atoms. The zero-order valence-corrected chi connectivity index (χ0v) is 12.5. The summed E-state index contributed by atoms with van der Waals surface area (Å²) in [5.41, 5.74) is 1.69. The van der Waals surface area contributed by atoms with Gasteiger partial charge in [0.1, 0.15) is 11.4 Å². The zero-order chi connectivity index (χ0) is 14.1. The summed E-state index contributed by atoms with van der Waals surface area (Å²) < 4.78 is 13.7. The second kappa shape index (κ2) is 5.49. The Morgan fingerprint density at radius 2 is 2.00 bits per heavy atom. The van der Waals surface area contributed by atoms with Gasteiger partial charge < -0.3 is 15.1 Å². The molecule has 0 bridgehead atoms. The molecular formula is C10H8Cl2N6OS. The summed E-state index contributed by atoms with van der Waals surface area (Å²) in [7, 11) is 1.79. The highest BCUT2D eigenvalue weighted by Gasteiger charge is 2.20. The van der Waals surface area contributed by atoms with Crippen LogP contribution in [-0.4, -0.2) is 17.2 Å². The van der Waals surface area contributed by atoms with Gasteiger partial charge in [0.15, 0.2) is 0 Å². The highest BCUT2D eigenvalue weighted by atomic mass is 35.5. The van der Waals surface area contributed by atoms with Gasteiger partial charge in [-0.1, -0.05) is 28.3 Å². The van der Waals surface area contributed by atoms with E-state index in [1.807, 2.05) is 0 Å². The number of rotatable bonds is 4. The molecule has 10 heteroatoms. The van der Waals surface area contributed by atoms with Crippen LogP contribution < -0.4 is 10.6 Å². The average Bonchev–Trinajstić information content (AvgIpc) is 3.04. The van der Waals surface area contributed by atoms with Crippen molar-refractivity contribution >= 4 is 57.6 Å². The van der Waals surface area contributed by atoms with Crippen molar-refractivity contribution in [1.82, 2.24) is 15.5 Å². The summed E-state index contributed by atoms with van der Waals surface area (Å²) >= 11 is 13.3. The van der Waals surface area contributed by atoms with E-state index >= 15 is 0 Å². The smallest absolute Gasteiger partial charge is 0.320 e. The van der Waals surface area contributed by atoms with Crippen molar-refractivity contribution in [1.29, 1.82) is 0 Å². The fraction of sp³-hybridized carbons (Fsp3) is 0.200. The number of nitrogens with zero attached hydrogens (tertiary/aromatic N) is 4. The normalized spacial score (nSPS) is 12.3. The predicted molar refractivity (Wildman–Crippen MR) is 78.3 cm³/mol. The quantitative estimate of drug-likeness (QED) is 0.763. The Kier molecular flexibility index (Phi) is 3.70. The lowest BCUT2D eigenvalue weighted by Crippen LogP contribution is -2.04. The summed E-state index contributed by atoms with van der Waals surface area (Å²) in [4.78, 5) is 0. The monoisotopic (exact) mass is 330 g/mol. The standard InChI is InChI=1S/C10H8Cl2N6OS/c1-13-3-6-15-16-10(19-6)14-7-4(11)2-5(12)8-9(7)18-20-17-8/h2,13H,3H2,1H3,(H,14,16). The van der Waals surface area contributed by atoms with Crippen LogP contribution in [0.25, 0.3) is 0 Å². The van der Waals surface area contributed by atoms with Crippen molar-refractivity contribution in [3.63, 3.8) is 0 Å². The van der Waals surface area contributed by atoms with Gasteiger partial charge in [0.2, 0.25) is 5.89 Å². The van der Waals surface area contributed by atoms with Crippen molar-refractivity contribution in [2.75, 3.05) is 12.4 Å². The van der Waals surface area contributed by atoms with Crippen LogP contribution in [0.2, 0.25) is 10.0 Å². The fourth-order valence-corrected chi connectivity index (χ4v) is 2.79. The highest BCUT2D eigenvalue weighted by Crippen LogP contribution is 2.48. The Balaban J connectivity index is 1.95. The fourth-order valence-electron chi connectivity index (χ4n) is 1.63. The molecule has 0 fully saturated rings. The second-order valence-electron chi connectivity index (χ2n) is 3.83. The maximum atomic E-state index is 6.17. The molecular weight excluding hydrogens is 323 g/mol. The maximum absolute atomic E-state index is 6.17. The van der Waals surface area contributed by atoms with E-state index < -0.39 is 0 Å². The Labute approximate surface area is 127 Å². The van der Waals surface area contributed by atoms with Gasteiger partial charge in [0, 0.05) is 0 Å². The Morgan fingerprint density at radius 1 is 1.20 bits per heavy atom. The Morgan fingerprint density at radius 3 is 2.80 bits per heavy atom. The number of hydrogen-bond acceptors (Lipinski definition) is 7. The lowest BCUT2D eigenvalue weighted by Gasteiger charge is -2.08. The van der Waals surface area contributed by atoms with E-state index in [1.165, 1.54) is 0 Å². The lowest BCUT2D eigenvalue weighted by molar-refractivity contribution is 0.493. The molecule has 0 atom stereocenters. The van der Waals surface area contributed by atoms with Crippen molar-refractivity contribution in [3.8, 4) is 0 Å². The first kappa shape index (κ1) is 13.5. The Hall–Kier alpha value is -1.48. The largest absolute Gasteiger partial charge is 0.406 e. The van der Waals surface area contributed by atoms with E-state index in [4.69, 9.17) is 27.6 Å². The molecule has 0 radical (unpaired) electrons. The van der Waals surface area contributed by atoms with E-state index in [9.17, 15) is 0 Å². The molecule has 20 heavy (non-hydrogen) atoms. The van der Waals surface area contributed by atoms with Crippen LogP contribution in [0.5, 0.6) is 0 Å². The van der Waals surface area contributed by atoms with Gasteiger partial charge in [-0.2, -0.15) is 8.73 Å². The molecule has 1 aliphatic heterocycles. The molecule has 1 aromatic carbocycles. The van der Waals surface area contributed by atoms with Crippen molar-refractivity contribution in [2.45, 2.75) is 6.54 Å². The molecule has 0 aliphatic carbocycles. The molecule has 0 saturated heterocycles. The topological polar surface area (TPSA) is 87.7 Å². The van der Waals surface area contributed by atoms with Crippen molar-refractivity contribution in [2.24, 2.45) is 8.73 Å². The molecule has 104 valence electrons. The second-order valence-corrected chi connectivity index (χ2v) is 5.18. The third-order valence-electron chi connectivity index (χ3n) is 2.47. The van der Waals surface area contributed by atoms with Gasteiger partial charge in [-0.05, 0) is 13.1 Å². The molecule has 0 amide bonds. The van der Waals surface area contributed by atoms with E-state index in [-0.39, 0.29) is 6.01 Å². The number of nitrogens with one attached hydrogen (secondary N) is 2. The summed E-state index contributed by atoms with van der Waals surface area (Å²) in [5, 5.41) is 14.5. The van der Waals surface area contributed by atoms with Gasteiger partial charge in [-0.15, -0.1) is 5.10 Å². The number of benzene rings is 1. The van der Waals surface area contributed by atoms with Crippen molar-refractivity contribution < 1.29 is 4.42 Å². The molecule has 7 nitrogen and oxygen atoms in total. The van der Waals surface area contributed by atoms with Crippen molar-refractivity contribution in [3.05, 3.63) is 22.0 Å². The van der Waals surface area contributed by atoms with Crippen LogP contribution in [0.3, 0.4) is 0 Å². The first-order chi connectivity index (χ1) is 9.69. The maximum Gasteiger partial charge on any atom is 0.320 e. The Bertz CT molecular complexity index is 740. The third-order valence-corrected chi connectivity index (χ3v) is 3.59. The van der Waals surface area contributed by atoms with Crippen LogP contribution in [0.4, 0.5) is 23.1 Å². The molecule has 2 aromatic rings. The van der Waals surface area contributed by atoms with Gasteiger partial charge >= 0.3 is 6.01 Å². The lowest BCUT2D eigenvalue weighted by atomic mass is 10.2. The number of halogens is 2. The van der Waals surface area contributed by atoms with Crippen LogP contribution in [0, 0.1) is 0 Å². The number of fused-ring (bicyclic) bond motifs is 1. The first-order valence-corrected chi connectivity index (χ1v) is 7.02. The minimum atomic E-state index is 0.230. The minimum Gasteiger partial charge on any atom is -0.406 e. The SMILES string of the molecule is CNCc1nnc(Nc2c(Cl)cc(Cl)c3c2N=S=N3)o1. The summed E-state index contributed by atoms with van der Waals surface area (Å²) in [6.07, 6.45) is 0. The number of anilines is 2. The van der Waals surface area contributed by atoms with Crippen LogP contribution in [-0.2, 0) is 17.9 Å². The molecule has 1 aromatic heterocycles. The minimum absolute atomic E-state index is 0.230. The van der Waals surface area contributed by atoms with Gasteiger partial charge in [0.25, 0.3) is 0 Å². The van der Waals surface area contributed by atoms with E-state index in [1.54, 1.807) is 13.1 Å². The van der Waals surface area contributed by atoms with Crippen LogP contribution >= 0.6 is 23.2 Å². The van der Waals surface area contributed by atoms with Gasteiger partial charge in [0.05, 0.1) is 33.6 Å². The van der Waals surface area contributed by atoms with E-state index in [0.29, 0.717) is 39.5 Å². The number of aromatic nitrogens is 2. The molecule has 2 heterocycles. The summed E-state index contributed by atoms with van der Waals surface area (Å²) in [6, 6.07) is 1.83.